The number of nitrogens with zero attached hydrogens (tertiary/aromatic N) is 2. The molecule has 0 bridgehead atoms. The number of hydrogen-bond donors (Lipinski definition) is 1. The number of pyridine rings is 1. The minimum absolute atomic E-state index is 1.01. The number of nitrogens with one attached hydrogen (secondary N) is 1. The highest BCUT2D eigenvalue weighted by molar-refractivity contribution is 7.98. The molecule has 2 heterocycles. The largest absolute Gasteiger partial charge is 0.378 e. The van der Waals surface area contributed by atoms with E-state index in [9.17, 15) is 0 Å². The van der Waals surface area contributed by atoms with Gasteiger partial charge in [0.25, 0.3) is 0 Å². The minimum atomic E-state index is 1.01. The van der Waals surface area contributed by atoms with Gasteiger partial charge in [-0.3, -0.25) is 4.98 Å². The molecule has 20 heavy (non-hydrogen) atoms. The topological polar surface area (TPSA) is 31.9 Å². The molecule has 0 atom stereocenters. The lowest BCUT2D eigenvalue weighted by Crippen LogP contribution is -2.08. The summed E-state index contributed by atoms with van der Waals surface area (Å²) in [4.78, 5) is 10.1. The summed E-state index contributed by atoms with van der Waals surface area (Å²) in [5, 5.41) is 2.38. The van der Waals surface area contributed by atoms with Gasteiger partial charge in [0.05, 0.1) is 10.7 Å². The van der Waals surface area contributed by atoms with Gasteiger partial charge in [0, 0.05) is 42.4 Å². The van der Waals surface area contributed by atoms with Crippen LogP contribution < -0.4 is 4.90 Å². The highest BCUT2D eigenvalue weighted by Gasteiger charge is 2.14. The summed E-state index contributed by atoms with van der Waals surface area (Å²) in [6, 6.07) is 12.5. The van der Waals surface area contributed by atoms with E-state index in [0.717, 1.165) is 21.9 Å². The first-order valence-corrected chi connectivity index (χ1v) is 7.71. The van der Waals surface area contributed by atoms with Crippen molar-refractivity contribution in [2.24, 2.45) is 0 Å². The van der Waals surface area contributed by atoms with Gasteiger partial charge in [-0.05, 0) is 24.5 Å². The zero-order valence-corrected chi connectivity index (χ0v) is 12.7. The molecule has 0 saturated carbocycles. The van der Waals surface area contributed by atoms with Gasteiger partial charge in [-0.1, -0.05) is 18.2 Å². The Balaban J connectivity index is 2.25. The highest BCUT2D eigenvalue weighted by atomic mass is 32.2. The number of thioether (sulfide) groups is 1. The van der Waals surface area contributed by atoms with E-state index >= 15 is 0 Å². The lowest BCUT2D eigenvalue weighted by molar-refractivity contribution is 1.12. The molecule has 0 spiro atoms. The molecule has 0 radical (unpaired) electrons. The summed E-state index contributed by atoms with van der Waals surface area (Å²) in [6.45, 7) is 0. The average Bonchev–Trinajstić information content (AvgIpc) is 2.85. The van der Waals surface area contributed by atoms with Crippen molar-refractivity contribution in [1.82, 2.24) is 9.97 Å². The van der Waals surface area contributed by atoms with Gasteiger partial charge in [-0.2, -0.15) is 0 Å². The Bertz CT molecular complexity index is 746. The van der Waals surface area contributed by atoms with Crippen LogP contribution in [-0.2, 0) is 0 Å². The van der Waals surface area contributed by atoms with Crippen molar-refractivity contribution in [2.75, 3.05) is 25.3 Å². The van der Waals surface area contributed by atoms with Gasteiger partial charge in [-0.15, -0.1) is 11.8 Å². The Morgan fingerprint density at radius 2 is 1.95 bits per heavy atom. The van der Waals surface area contributed by atoms with E-state index in [4.69, 9.17) is 0 Å². The second-order valence-electron chi connectivity index (χ2n) is 4.87. The molecule has 0 aliphatic carbocycles. The Labute approximate surface area is 123 Å². The Kier molecular flexibility index (Phi) is 3.40. The van der Waals surface area contributed by atoms with Crippen molar-refractivity contribution < 1.29 is 0 Å². The van der Waals surface area contributed by atoms with Crippen molar-refractivity contribution in [1.29, 1.82) is 0 Å². The van der Waals surface area contributed by atoms with Gasteiger partial charge in [-0.25, -0.2) is 0 Å². The van der Waals surface area contributed by atoms with Crippen molar-refractivity contribution in [2.45, 2.75) is 5.03 Å². The van der Waals surface area contributed by atoms with E-state index in [-0.39, 0.29) is 0 Å². The third-order valence-corrected chi connectivity index (χ3v) is 4.11. The number of para-hydroxylation sites is 1. The summed E-state index contributed by atoms with van der Waals surface area (Å²) in [7, 11) is 4.09. The van der Waals surface area contributed by atoms with E-state index in [1.54, 1.807) is 11.8 Å². The van der Waals surface area contributed by atoms with Crippen LogP contribution in [0.25, 0.3) is 22.2 Å². The Hall–Kier alpha value is -1.94. The number of benzene rings is 1. The molecule has 3 nitrogen and oxygen atoms in total. The maximum atomic E-state index is 4.56. The van der Waals surface area contributed by atoms with Crippen molar-refractivity contribution in [3.05, 3.63) is 42.6 Å². The van der Waals surface area contributed by atoms with Crippen molar-refractivity contribution >= 4 is 28.4 Å². The van der Waals surface area contributed by atoms with Gasteiger partial charge in [0.1, 0.15) is 0 Å². The summed E-state index contributed by atoms with van der Waals surface area (Å²) in [5.41, 5.74) is 4.52. The summed E-state index contributed by atoms with van der Waals surface area (Å²) < 4.78 is 0. The number of aromatic nitrogens is 2. The predicted octanol–water partition coefficient (Wildman–Crippen LogP) is 4.02. The minimum Gasteiger partial charge on any atom is -0.378 e. The highest BCUT2D eigenvalue weighted by Crippen LogP contribution is 2.36. The molecule has 4 heteroatoms. The van der Waals surface area contributed by atoms with Crippen LogP contribution in [0.1, 0.15) is 0 Å². The summed E-state index contributed by atoms with van der Waals surface area (Å²) in [5.74, 6) is 0. The van der Waals surface area contributed by atoms with Crippen molar-refractivity contribution in [3.8, 4) is 11.3 Å². The fourth-order valence-corrected chi connectivity index (χ4v) is 2.99. The molecule has 0 fully saturated rings. The van der Waals surface area contributed by atoms with Gasteiger partial charge in [0.2, 0.25) is 0 Å². The van der Waals surface area contributed by atoms with Gasteiger partial charge in [0.15, 0.2) is 0 Å². The van der Waals surface area contributed by atoms with Crippen LogP contribution in [0.2, 0.25) is 0 Å². The standard InChI is InChI=1S/C16H17N3S/c1-19(2)11-8-9-17-14(10-11)15-12-6-4-5-7-13(12)18-16(15)20-3/h4-10,18H,1-3H3. The van der Waals surface area contributed by atoms with E-state index in [1.165, 1.54) is 10.9 Å². The fraction of sp³-hybridized carbons (Fsp3) is 0.188. The second kappa shape index (κ2) is 5.21. The van der Waals surface area contributed by atoms with Crippen LogP contribution in [0, 0.1) is 0 Å². The van der Waals surface area contributed by atoms with E-state index in [0.29, 0.717) is 0 Å². The van der Waals surface area contributed by atoms with Crippen LogP contribution in [0.4, 0.5) is 5.69 Å². The van der Waals surface area contributed by atoms with Crippen molar-refractivity contribution in [3.63, 3.8) is 0 Å². The first-order valence-electron chi connectivity index (χ1n) is 6.49. The van der Waals surface area contributed by atoms with Gasteiger partial charge >= 0.3 is 0 Å². The summed E-state index contributed by atoms with van der Waals surface area (Å²) >= 11 is 1.72. The normalized spacial score (nSPS) is 10.9. The number of rotatable bonds is 3. The zero-order chi connectivity index (χ0) is 14.1. The SMILES string of the molecule is CSc1[nH]c2ccccc2c1-c1cc(N(C)C)ccn1. The quantitative estimate of drug-likeness (QED) is 0.737. The number of fused-ring (bicyclic) bond motifs is 1. The first kappa shape index (κ1) is 13.1. The monoisotopic (exact) mass is 283 g/mol. The molecule has 0 aliphatic rings. The molecule has 0 saturated heterocycles. The molecule has 3 rings (SSSR count). The molecular weight excluding hydrogens is 266 g/mol. The molecule has 0 amide bonds. The fourth-order valence-electron chi connectivity index (χ4n) is 2.36. The molecule has 1 aromatic carbocycles. The molecule has 0 aliphatic heterocycles. The average molecular weight is 283 g/mol. The van der Waals surface area contributed by atoms with Crippen LogP contribution in [0.5, 0.6) is 0 Å². The van der Waals surface area contributed by atoms with Crippen LogP contribution in [-0.4, -0.2) is 30.3 Å². The zero-order valence-electron chi connectivity index (χ0n) is 11.8. The van der Waals surface area contributed by atoms with Crippen LogP contribution in [0.15, 0.2) is 47.6 Å². The molecule has 3 aromatic rings. The van der Waals surface area contributed by atoms with Crippen LogP contribution >= 0.6 is 11.8 Å². The van der Waals surface area contributed by atoms with E-state index in [1.807, 2.05) is 26.4 Å². The third kappa shape index (κ3) is 2.16. The molecule has 2 aromatic heterocycles. The third-order valence-electron chi connectivity index (χ3n) is 3.39. The van der Waals surface area contributed by atoms with E-state index in [2.05, 4.69) is 51.5 Å². The Morgan fingerprint density at radius 1 is 1.15 bits per heavy atom. The number of H-pyrrole nitrogens is 1. The second-order valence-corrected chi connectivity index (χ2v) is 5.69. The molecule has 0 unspecified atom stereocenters. The molecular formula is C16H17N3S. The van der Waals surface area contributed by atoms with Gasteiger partial charge < -0.3 is 9.88 Å². The number of aromatic amines is 1. The maximum absolute atomic E-state index is 4.56. The first-order chi connectivity index (χ1) is 9.70. The number of hydrogen-bond acceptors (Lipinski definition) is 3. The Morgan fingerprint density at radius 3 is 2.70 bits per heavy atom. The molecule has 1 N–H and O–H groups in total. The molecule has 102 valence electrons. The lowest BCUT2D eigenvalue weighted by Gasteiger charge is -2.13. The lowest BCUT2D eigenvalue weighted by atomic mass is 10.1. The smallest absolute Gasteiger partial charge is 0.0825 e. The van der Waals surface area contributed by atoms with E-state index < -0.39 is 0 Å². The van der Waals surface area contributed by atoms with Crippen LogP contribution in [0.3, 0.4) is 0 Å². The predicted molar refractivity (Wildman–Crippen MR) is 87.6 cm³/mol. The maximum Gasteiger partial charge on any atom is 0.0825 e. The summed E-state index contributed by atoms with van der Waals surface area (Å²) in [6.07, 6.45) is 3.96. The number of anilines is 1.